The number of fused-ring (bicyclic) bond motifs is 2. The van der Waals surface area contributed by atoms with Crippen molar-refractivity contribution >= 4 is 22.7 Å². The number of nitrogens with zero attached hydrogens (tertiary/aromatic N) is 4. The molecule has 1 aromatic carbocycles. The van der Waals surface area contributed by atoms with Crippen LogP contribution < -0.4 is 5.56 Å². The molecule has 0 spiro atoms. The molecule has 6 nitrogen and oxygen atoms in total. The Labute approximate surface area is 172 Å². The van der Waals surface area contributed by atoms with Crippen molar-refractivity contribution < 1.29 is 4.52 Å². The molecule has 3 heterocycles. The highest BCUT2D eigenvalue weighted by atomic mass is 32.2. The Morgan fingerprint density at radius 2 is 2.00 bits per heavy atom. The average molecular weight is 404 g/mol. The molecule has 0 amide bonds. The summed E-state index contributed by atoms with van der Waals surface area (Å²) >= 11 is 1.53. The number of aryl methyl sites for hydroxylation is 1. The summed E-state index contributed by atoms with van der Waals surface area (Å²) in [6.45, 7) is 0.434. The van der Waals surface area contributed by atoms with Crippen molar-refractivity contribution in [1.29, 1.82) is 0 Å². The van der Waals surface area contributed by atoms with Gasteiger partial charge in [-0.1, -0.05) is 35.1 Å². The van der Waals surface area contributed by atoms with Crippen LogP contribution >= 0.6 is 11.8 Å². The lowest BCUT2D eigenvalue weighted by molar-refractivity contribution is 0.369. The van der Waals surface area contributed by atoms with Gasteiger partial charge in [-0.2, -0.15) is 0 Å². The smallest absolute Gasteiger partial charge is 0.262 e. The molecule has 5 rings (SSSR count). The van der Waals surface area contributed by atoms with Gasteiger partial charge in [-0.15, -0.1) is 0 Å². The monoisotopic (exact) mass is 404 g/mol. The normalized spacial score (nSPS) is 13.5. The maximum Gasteiger partial charge on any atom is 0.262 e. The Hall–Kier alpha value is -2.93. The van der Waals surface area contributed by atoms with Crippen LogP contribution in [-0.2, 0) is 25.1 Å². The van der Waals surface area contributed by atoms with Crippen molar-refractivity contribution in [1.82, 2.24) is 19.7 Å². The first kappa shape index (κ1) is 18.1. The van der Waals surface area contributed by atoms with E-state index in [9.17, 15) is 4.79 Å². The van der Waals surface area contributed by atoms with Gasteiger partial charge in [-0.3, -0.25) is 14.3 Å². The van der Waals surface area contributed by atoms with E-state index in [1.165, 1.54) is 23.7 Å². The van der Waals surface area contributed by atoms with Crippen molar-refractivity contribution in [3.8, 4) is 0 Å². The first-order chi connectivity index (χ1) is 14.3. The van der Waals surface area contributed by atoms with Crippen LogP contribution in [-0.4, -0.2) is 19.7 Å². The minimum absolute atomic E-state index is 0.0378. The van der Waals surface area contributed by atoms with Crippen LogP contribution in [0.2, 0.25) is 0 Å². The zero-order valence-corrected chi connectivity index (χ0v) is 16.7. The molecule has 0 bridgehead atoms. The van der Waals surface area contributed by atoms with Gasteiger partial charge in [0.25, 0.3) is 5.56 Å². The first-order valence-electron chi connectivity index (χ1n) is 9.77. The van der Waals surface area contributed by atoms with E-state index < -0.39 is 0 Å². The summed E-state index contributed by atoms with van der Waals surface area (Å²) in [5, 5.41) is 5.60. The molecule has 0 N–H and O–H groups in total. The minimum atomic E-state index is -0.0378. The van der Waals surface area contributed by atoms with Gasteiger partial charge in [0, 0.05) is 30.1 Å². The first-order valence-corrected chi connectivity index (χ1v) is 10.8. The van der Waals surface area contributed by atoms with E-state index in [1.807, 2.05) is 36.4 Å². The summed E-state index contributed by atoms with van der Waals surface area (Å²) in [6.07, 6.45) is 7.82. The molecule has 0 unspecified atom stereocenters. The van der Waals surface area contributed by atoms with Gasteiger partial charge in [0.2, 0.25) is 0 Å². The van der Waals surface area contributed by atoms with Gasteiger partial charge >= 0.3 is 0 Å². The highest BCUT2D eigenvalue weighted by Gasteiger charge is 2.20. The van der Waals surface area contributed by atoms with Crippen LogP contribution in [0.15, 0.2) is 63.3 Å². The van der Waals surface area contributed by atoms with Crippen molar-refractivity contribution in [3.05, 3.63) is 81.7 Å². The predicted molar refractivity (Wildman–Crippen MR) is 112 cm³/mol. The van der Waals surface area contributed by atoms with E-state index in [4.69, 9.17) is 9.51 Å². The molecule has 0 saturated heterocycles. The highest BCUT2D eigenvalue weighted by Crippen LogP contribution is 2.29. The molecule has 0 fully saturated rings. The Bertz CT molecular complexity index is 1220. The Morgan fingerprint density at radius 1 is 1.10 bits per heavy atom. The summed E-state index contributed by atoms with van der Waals surface area (Å²) in [4.78, 5) is 22.2. The largest absolute Gasteiger partial charge is 0.361 e. The summed E-state index contributed by atoms with van der Waals surface area (Å²) in [5.74, 6) is 1.66. The van der Waals surface area contributed by atoms with Gasteiger partial charge < -0.3 is 4.52 Å². The van der Waals surface area contributed by atoms with Gasteiger partial charge in [-0.25, -0.2) is 4.98 Å². The third kappa shape index (κ3) is 3.58. The van der Waals surface area contributed by atoms with Crippen LogP contribution in [0, 0.1) is 0 Å². The number of rotatable bonds is 5. The van der Waals surface area contributed by atoms with Crippen molar-refractivity contribution in [2.45, 2.75) is 43.1 Å². The van der Waals surface area contributed by atoms with Gasteiger partial charge in [0.05, 0.1) is 23.1 Å². The number of thioether (sulfide) groups is 1. The second kappa shape index (κ2) is 7.83. The molecule has 29 heavy (non-hydrogen) atoms. The maximum atomic E-state index is 13.2. The number of pyridine rings is 1. The quantitative estimate of drug-likeness (QED) is 0.370. The van der Waals surface area contributed by atoms with Crippen LogP contribution in [0.25, 0.3) is 10.9 Å². The minimum Gasteiger partial charge on any atom is -0.361 e. The van der Waals surface area contributed by atoms with E-state index in [0.29, 0.717) is 28.4 Å². The molecule has 1 aliphatic rings. The van der Waals surface area contributed by atoms with Crippen molar-refractivity contribution in [2.24, 2.45) is 0 Å². The molecule has 1 aliphatic carbocycles. The topological polar surface area (TPSA) is 73.8 Å². The number of hydrogen-bond donors (Lipinski definition) is 0. The number of hydrogen-bond acceptors (Lipinski definition) is 6. The molecule has 0 aliphatic heterocycles. The summed E-state index contributed by atoms with van der Waals surface area (Å²) in [5.41, 5.74) is 3.85. The number of para-hydroxylation sites is 1. The zero-order chi connectivity index (χ0) is 19.6. The highest BCUT2D eigenvalue weighted by molar-refractivity contribution is 7.98. The second-order valence-corrected chi connectivity index (χ2v) is 8.13. The van der Waals surface area contributed by atoms with Crippen LogP contribution in [0.1, 0.15) is 35.4 Å². The summed E-state index contributed by atoms with van der Waals surface area (Å²) < 4.78 is 7.27. The van der Waals surface area contributed by atoms with E-state index in [1.54, 1.807) is 17.0 Å². The van der Waals surface area contributed by atoms with Crippen LogP contribution in [0.3, 0.4) is 0 Å². The van der Waals surface area contributed by atoms with E-state index in [2.05, 4.69) is 10.1 Å². The molecule has 4 aromatic rings. The molecule has 0 saturated carbocycles. The SMILES string of the molecule is O=c1c2ccccc2nc(SCc2noc3c2CCCC3)n1Cc1cccnc1. The predicted octanol–water partition coefficient (Wildman–Crippen LogP) is 4.00. The molecule has 7 heteroatoms. The molecular formula is C22H20N4O2S. The van der Waals surface area contributed by atoms with E-state index in [0.717, 1.165) is 36.3 Å². The third-order valence-corrected chi connectivity index (χ3v) is 6.25. The fourth-order valence-corrected chi connectivity index (χ4v) is 4.73. The molecule has 0 atom stereocenters. The molecule has 146 valence electrons. The van der Waals surface area contributed by atoms with Gasteiger partial charge in [-0.05, 0) is 43.0 Å². The molecule has 3 aromatic heterocycles. The van der Waals surface area contributed by atoms with Crippen LogP contribution in [0.5, 0.6) is 0 Å². The van der Waals surface area contributed by atoms with Crippen molar-refractivity contribution in [2.75, 3.05) is 0 Å². The van der Waals surface area contributed by atoms with Gasteiger partial charge in [0.15, 0.2) is 5.16 Å². The fourth-order valence-electron chi connectivity index (χ4n) is 3.77. The molecule has 0 radical (unpaired) electrons. The lowest BCUT2D eigenvalue weighted by Crippen LogP contribution is -2.24. The number of benzene rings is 1. The average Bonchev–Trinajstić information content (AvgIpc) is 3.18. The number of aromatic nitrogens is 4. The van der Waals surface area contributed by atoms with E-state index in [-0.39, 0.29) is 5.56 Å². The maximum absolute atomic E-state index is 13.2. The Kier molecular flexibility index (Phi) is 4.89. The summed E-state index contributed by atoms with van der Waals surface area (Å²) in [6, 6.07) is 11.3. The third-order valence-electron chi connectivity index (χ3n) is 5.26. The Balaban J connectivity index is 1.52. The second-order valence-electron chi connectivity index (χ2n) is 7.19. The standard InChI is InChI=1S/C22H20N4O2S/c27-21-17-8-1-3-9-18(17)24-22(26(21)13-15-6-5-11-23-12-15)29-14-19-16-7-2-4-10-20(16)28-25-19/h1,3,5-6,8-9,11-12H,2,4,7,10,13-14H2. The zero-order valence-electron chi connectivity index (χ0n) is 15.9. The Morgan fingerprint density at radius 3 is 2.90 bits per heavy atom. The van der Waals surface area contributed by atoms with Crippen molar-refractivity contribution in [3.63, 3.8) is 0 Å². The molecular weight excluding hydrogens is 384 g/mol. The lowest BCUT2D eigenvalue weighted by atomic mass is 9.97. The fraction of sp³-hybridized carbons (Fsp3) is 0.273. The van der Waals surface area contributed by atoms with Gasteiger partial charge in [0.1, 0.15) is 5.76 Å². The van der Waals surface area contributed by atoms with E-state index >= 15 is 0 Å². The summed E-state index contributed by atoms with van der Waals surface area (Å²) in [7, 11) is 0. The van der Waals surface area contributed by atoms with Crippen LogP contribution in [0.4, 0.5) is 0 Å². The lowest BCUT2D eigenvalue weighted by Gasteiger charge is -2.13.